The largest absolute Gasteiger partial charge is 0.494 e. The van der Waals surface area contributed by atoms with Crippen LogP contribution in [0.5, 0.6) is 5.75 Å². The van der Waals surface area contributed by atoms with Crippen molar-refractivity contribution in [2.45, 2.75) is 26.2 Å². The number of nitrogens with one attached hydrogen (secondary N) is 1. The molecule has 1 atom stereocenters. The van der Waals surface area contributed by atoms with E-state index < -0.39 is 0 Å². The smallest absolute Gasteiger partial charge is 0.232 e. The van der Waals surface area contributed by atoms with Crippen molar-refractivity contribution in [2.24, 2.45) is 0 Å². The summed E-state index contributed by atoms with van der Waals surface area (Å²) >= 11 is 0. The molecule has 3 nitrogen and oxygen atoms in total. The van der Waals surface area contributed by atoms with Crippen LogP contribution in [0.4, 0.5) is 5.69 Å². The number of aryl methyl sites for hydroxylation is 1. The molecule has 0 unspecified atom stereocenters. The lowest BCUT2D eigenvalue weighted by Gasteiger charge is -2.10. The number of benzene rings is 2. The first-order valence-electron chi connectivity index (χ1n) is 7.31. The lowest BCUT2D eigenvalue weighted by Crippen LogP contribution is -2.14. The number of rotatable bonds is 4. The number of hydrogen-bond acceptors (Lipinski definition) is 2. The van der Waals surface area contributed by atoms with Crippen LogP contribution < -0.4 is 10.1 Å². The van der Waals surface area contributed by atoms with E-state index in [4.69, 9.17) is 4.74 Å². The Morgan fingerprint density at radius 3 is 2.62 bits per heavy atom. The van der Waals surface area contributed by atoms with Crippen molar-refractivity contribution in [3.63, 3.8) is 0 Å². The SMILES string of the molecule is CCOc1ccc(C[C@H]2C(=O)Nc3c(C)cccc32)cc1. The van der Waals surface area contributed by atoms with Crippen molar-refractivity contribution in [3.8, 4) is 5.75 Å². The van der Waals surface area contributed by atoms with E-state index in [1.165, 1.54) is 0 Å². The second-order valence-corrected chi connectivity index (χ2v) is 5.36. The Balaban J connectivity index is 1.82. The molecule has 108 valence electrons. The highest BCUT2D eigenvalue weighted by Crippen LogP contribution is 2.36. The Morgan fingerprint density at radius 2 is 1.90 bits per heavy atom. The molecule has 2 aromatic carbocycles. The van der Waals surface area contributed by atoms with Crippen LogP contribution in [-0.2, 0) is 11.2 Å². The fraction of sp³-hybridized carbons (Fsp3) is 0.278. The second-order valence-electron chi connectivity index (χ2n) is 5.36. The van der Waals surface area contributed by atoms with Crippen LogP contribution >= 0.6 is 0 Å². The zero-order chi connectivity index (χ0) is 14.8. The van der Waals surface area contributed by atoms with E-state index in [0.717, 1.165) is 28.1 Å². The van der Waals surface area contributed by atoms with Gasteiger partial charge < -0.3 is 10.1 Å². The molecule has 0 aliphatic carbocycles. The van der Waals surface area contributed by atoms with Crippen molar-refractivity contribution >= 4 is 11.6 Å². The van der Waals surface area contributed by atoms with Crippen LogP contribution in [-0.4, -0.2) is 12.5 Å². The van der Waals surface area contributed by atoms with E-state index in [1.807, 2.05) is 56.3 Å². The van der Waals surface area contributed by atoms with Crippen LogP contribution in [0.15, 0.2) is 42.5 Å². The summed E-state index contributed by atoms with van der Waals surface area (Å²) in [5.74, 6) is 0.861. The Hall–Kier alpha value is -2.29. The number of fused-ring (bicyclic) bond motifs is 1. The highest BCUT2D eigenvalue weighted by Gasteiger charge is 2.31. The summed E-state index contributed by atoms with van der Waals surface area (Å²) in [5.41, 5.74) is 4.36. The zero-order valence-electron chi connectivity index (χ0n) is 12.3. The summed E-state index contributed by atoms with van der Waals surface area (Å²) < 4.78 is 5.44. The number of carbonyl (C=O) groups is 1. The van der Waals surface area contributed by atoms with E-state index in [1.54, 1.807) is 0 Å². The average Bonchev–Trinajstić information content (AvgIpc) is 2.80. The molecule has 21 heavy (non-hydrogen) atoms. The molecule has 0 aromatic heterocycles. The Labute approximate surface area is 124 Å². The summed E-state index contributed by atoms with van der Waals surface area (Å²) in [6.07, 6.45) is 0.717. The topological polar surface area (TPSA) is 38.3 Å². The second kappa shape index (κ2) is 5.60. The maximum atomic E-state index is 12.2. The number of hydrogen-bond donors (Lipinski definition) is 1. The Morgan fingerprint density at radius 1 is 1.14 bits per heavy atom. The molecule has 1 heterocycles. The van der Waals surface area contributed by atoms with E-state index in [-0.39, 0.29) is 11.8 Å². The first-order valence-corrected chi connectivity index (χ1v) is 7.31. The van der Waals surface area contributed by atoms with Crippen molar-refractivity contribution in [2.75, 3.05) is 11.9 Å². The number of carbonyl (C=O) groups excluding carboxylic acids is 1. The molecule has 0 spiro atoms. The molecule has 1 amide bonds. The third kappa shape index (κ3) is 2.64. The van der Waals surface area contributed by atoms with Gasteiger partial charge in [-0.25, -0.2) is 0 Å². The third-order valence-corrected chi connectivity index (χ3v) is 3.92. The minimum atomic E-state index is -0.0992. The molecule has 0 bridgehead atoms. The molecule has 0 saturated heterocycles. The van der Waals surface area contributed by atoms with Crippen LogP contribution in [0, 0.1) is 6.92 Å². The number of ether oxygens (including phenoxy) is 1. The van der Waals surface area contributed by atoms with Gasteiger partial charge in [0.15, 0.2) is 0 Å². The average molecular weight is 281 g/mol. The molecule has 1 aliphatic heterocycles. The molecule has 3 heteroatoms. The summed E-state index contributed by atoms with van der Waals surface area (Å²) in [6.45, 7) is 4.66. The predicted octanol–water partition coefficient (Wildman–Crippen LogP) is 3.67. The molecule has 1 aliphatic rings. The summed E-state index contributed by atoms with van der Waals surface area (Å²) in [7, 11) is 0. The Kier molecular flexibility index (Phi) is 3.65. The Bertz CT molecular complexity index is 661. The monoisotopic (exact) mass is 281 g/mol. The minimum absolute atomic E-state index is 0.0909. The van der Waals surface area contributed by atoms with Gasteiger partial charge in [0.25, 0.3) is 0 Å². The minimum Gasteiger partial charge on any atom is -0.494 e. The first kappa shape index (κ1) is 13.7. The highest BCUT2D eigenvalue weighted by atomic mass is 16.5. The molecular formula is C18H19NO2. The molecular weight excluding hydrogens is 262 g/mol. The van der Waals surface area contributed by atoms with Crippen molar-refractivity contribution in [3.05, 3.63) is 59.2 Å². The van der Waals surface area contributed by atoms with Gasteiger partial charge in [0.2, 0.25) is 5.91 Å². The van der Waals surface area contributed by atoms with Gasteiger partial charge in [-0.3, -0.25) is 4.79 Å². The number of anilines is 1. The summed E-state index contributed by atoms with van der Waals surface area (Å²) in [5, 5.41) is 3.00. The molecule has 2 aromatic rings. The normalized spacial score (nSPS) is 16.5. The standard InChI is InChI=1S/C18H19NO2/c1-3-21-14-9-7-13(8-10-14)11-16-15-6-4-5-12(2)17(15)19-18(16)20/h4-10,16H,3,11H2,1-2H3,(H,19,20)/t16-/m1/s1. The van der Waals surface area contributed by atoms with E-state index in [0.29, 0.717) is 13.0 Å². The number of para-hydroxylation sites is 1. The quantitative estimate of drug-likeness (QED) is 0.928. The van der Waals surface area contributed by atoms with Gasteiger partial charge in [-0.05, 0) is 49.1 Å². The highest BCUT2D eigenvalue weighted by molar-refractivity contribution is 6.03. The van der Waals surface area contributed by atoms with Crippen LogP contribution in [0.3, 0.4) is 0 Å². The predicted molar refractivity (Wildman–Crippen MR) is 83.9 cm³/mol. The van der Waals surface area contributed by atoms with Gasteiger partial charge >= 0.3 is 0 Å². The lowest BCUT2D eigenvalue weighted by molar-refractivity contribution is -0.117. The van der Waals surface area contributed by atoms with E-state index >= 15 is 0 Å². The van der Waals surface area contributed by atoms with Gasteiger partial charge in [-0.15, -0.1) is 0 Å². The molecule has 0 fully saturated rings. The van der Waals surface area contributed by atoms with Gasteiger partial charge in [0, 0.05) is 5.69 Å². The molecule has 3 rings (SSSR count). The fourth-order valence-electron chi connectivity index (χ4n) is 2.83. The third-order valence-electron chi connectivity index (χ3n) is 3.92. The molecule has 0 radical (unpaired) electrons. The zero-order valence-corrected chi connectivity index (χ0v) is 12.3. The van der Waals surface area contributed by atoms with Crippen molar-refractivity contribution < 1.29 is 9.53 Å². The van der Waals surface area contributed by atoms with Crippen LogP contribution in [0.25, 0.3) is 0 Å². The van der Waals surface area contributed by atoms with Gasteiger partial charge in [-0.2, -0.15) is 0 Å². The van der Waals surface area contributed by atoms with Gasteiger partial charge in [-0.1, -0.05) is 30.3 Å². The van der Waals surface area contributed by atoms with Crippen LogP contribution in [0.2, 0.25) is 0 Å². The van der Waals surface area contributed by atoms with Crippen LogP contribution in [0.1, 0.15) is 29.5 Å². The maximum absolute atomic E-state index is 12.2. The van der Waals surface area contributed by atoms with Gasteiger partial charge in [0.1, 0.15) is 5.75 Å². The molecule has 0 saturated carbocycles. The lowest BCUT2D eigenvalue weighted by atomic mass is 9.92. The summed E-state index contributed by atoms with van der Waals surface area (Å²) in [6, 6.07) is 14.1. The number of amides is 1. The van der Waals surface area contributed by atoms with E-state index in [2.05, 4.69) is 5.32 Å². The fourth-order valence-corrected chi connectivity index (χ4v) is 2.83. The van der Waals surface area contributed by atoms with Crippen molar-refractivity contribution in [1.29, 1.82) is 0 Å². The van der Waals surface area contributed by atoms with Gasteiger partial charge in [0.05, 0.1) is 12.5 Å². The first-order chi connectivity index (χ1) is 10.2. The maximum Gasteiger partial charge on any atom is 0.232 e. The van der Waals surface area contributed by atoms with E-state index in [9.17, 15) is 4.79 Å². The molecule has 1 N–H and O–H groups in total. The summed E-state index contributed by atoms with van der Waals surface area (Å²) in [4.78, 5) is 12.2. The van der Waals surface area contributed by atoms with Crippen molar-refractivity contribution in [1.82, 2.24) is 0 Å².